The van der Waals surface area contributed by atoms with Crippen molar-refractivity contribution < 1.29 is 4.79 Å². The molecule has 2 heterocycles. The Kier molecular flexibility index (Phi) is 5.39. The molecule has 29 heavy (non-hydrogen) atoms. The third-order valence-corrected chi connectivity index (χ3v) is 5.01. The third-order valence-electron chi connectivity index (χ3n) is 5.01. The van der Waals surface area contributed by atoms with Gasteiger partial charge in [0.2, 0.25) is 0 Å². The minimum atomic E-state index is -0.00303. The second kappa shape index (κ2) is 8.44. The highest BCUT2D eigenvalue weighted by Gasteiger charge is 2.22. The van der Waals surface area contributed by atoms with Gasteiger partial charge in [0.25, 0.3) is 5.91 Å². The molecule has 1 amide bonds. The van der Waals surface area contributed by atoms with Gasteiger partial charge in [-0.2, -0.15) is 5.26 Å². The molecule has 1 aliphatic heterocycles. The van der Waals surface area contributed by atoms with E-state index in [1.165, 1.54) is 5.69 Å². The van der Waals surface area contributed by atoms with Crippen LogP contribution in [-0.4, -0.2) is 42.0 Å². The Hall–Kier alpha value is -3.85. The molecule has 4 rings (SSSR count). The van der Waals surface area contributed by atoms with Gasteiger partial charge in [0.1, 0.15) is 11.9 Å². The van der Waals surface area contributed by atoms with Crippen LogP contribution in [0.15, 0.2) is 72.9 Å². The van der Waals surface area contributed by atoms with Crippen LogP contribution in [0.3, 0.4) is 0 Å². The fraction of sp³-hybridized carbons (Fsp3) is 0.174. The van der Waals surface area contributed by atoms with Gasteiger partial charge in [-0.3, -0.25) is 4.79 Å². The number of carbonyl (C=O) groups is 1. The maximum Gasteiger partial charge on any atom is 0.254 e. The van der Waals surface area contributed by atoms with E-state index in [1.54, 1.807) is 24.4 Å². The number of hydrogen-bond acceptors (Lipinski definition) is 5. The summed E-state index contributed by atoms with van der Waals surface area (Å²) in [6.45, 7) is 2.97. The van der Waals surface area contributed by atoms with Crippen molar-refractivity contribution in [2.24, 2.45) is 0 Å². The predicted molar refractivity (Wildman–Crippen MR) is 113 cm³/mol. The first-order valence-electron chi connectivity index (χ1n) is 9.56. The molecule has 0 radical (unpaired) electrons. The molecule has 1 saturated heterocycles. The van der Waals surface area contributed by atoms with E-state index in [0.29, 0.717) is 35.7 Å². The number of amides is 1. The van der Waals surface area contributed by atoms with Crippen LogP contribution in [0.4, 0.5) is 17.2 Å². The van der Waals surface area contributed by atoms with Gasteiger partial charge < -0.3 is 15.1 Å². The maximum absolute atomic E-state index is 13.0. The summed E-state index contributed by atoms with van der Waals surface area (Å²) < 4.78 is 0. The number of rotatable bonds is 4. The zero-order chi connectivity index (χ0) is 20.1. The van der Waals surface area contributed by atoms with Crippen molar-refractivity contribution in [1.82, 2.24) is 9.88 Å². The summed E-state index contributed by atoms with van der Waals surface area (Å²) >= 11 is 0. The Morgan fingerprint density at radius 2 is 1.69 bits per heavy atom. The molecule has 2 aromatic carbocycles. The predicted octanol–water partition coefficient (Wildman–Crippen LogP) is 3.66. The number of piperazine rings is 1. The van der Waals surface area contributed by atoms with Gasteiger partial charge in [-0.1, -0.05) is 30.3 Å². The number of nitriles is 1. The van der Waals surface area contributed by atoms with E-state index in [0.717, 1.165) is 13.1 Å². The normalized spacial score (nSPS) is 13.6. The van der Waals surface area contributed by atoms with Crippen molar-refractivity contribution in [3.8, 4) is 6.07 Å². The standard InChI is InChI=1S/C23H21N5O/c24-17-19-6-4-5-9-21(19)26-22-16-18(10-11-25-22)23(29)28-14-12-27(13-15-28)20-7-2-1-3-8-20/h1-11,16H,12-15H2,(H,25,26). The minimum Gasteiger partial charge on any atom is -0.368 e. The number of benzene rings is 2. The van der Waals surface area contributed by atoms with Crippen LogP contribution in [0.25, 0.3) is 0 Å². The molecule has 1 aliphatic rings. The lowest BCUT2D eigenvalue weighted by atomic mass is 10.1. The molecule has 0 unspecified atom stereocenters. The number of pyridine rings is 1. The van der Waals surface area contributed by atoms with Gasteiger partial charge in [0.05, 0.1) is 11.3 Å². The van der Waals surface area contributed by atoms with Crippen molar-refractivity contribution in [3.05, 3.63) is 84.1 Å². The Morgan fingerprint density at radius 3 is 2.45 bits per heavy atom. The van der Waals surface area contributed by atoms with Crippen LogP contribution >= 0.6 is 0 Å². The zero-order valence-corrected chi connectivity index (χ0v) is 16.0. The summed E-state index contributed by atoms with van der Waals surface area (Å²) in [5, 5.41) is 12.4. The molecule has 6 heteroatoms. The molecule has 6 nitrogen and oxygen atoms in total. The average Bonchev–Trinajstić information content (AvgIpc) is 2.80. The van der Waals surface area contributed by atoms with E-state index in [1.807, 2.05) is 41.3 Å². The van der Waals surface area contributed by atoms with E-state index in [9.17, 15) is 10.1 Å². The molecule has 3 aromatic rings. The lowest BCUT2D eigenvalue weighted by Crippen LogP contribution is -2.48. The lowest BCUT2D eigenvalue weighted by Gasteiger charge is -2.36. The van der Waals surface area contributed by atoms with Gasteiger partial charge in [-0.15, -0.1) is 0 Å². The van der Waals surface area contributed by atoms with Gasteiger partial charge in [-0.25, -0.2) is 4.98 Å². The fourth-order valence-corrected chi connectivity index (χ4v) is 3.45. The highest BCUT2D eigenvalue weighted by Crippen LogP contribution is 2.21. The number of anilines is 3. The van der Waals surface area contributed by atoms with E-state index in [4.69, 9.17) is 0 Å². The molecular formula is C23H21N5O. The molecule has 0 saturated carbocycles. The summed E-state index contributed by atoms with van der Waals surface area (Å²) in [6, 6.07) is 23.1. The summed E-state index contributed by atoms with van der Waals surface area (Å²) in [4.78, 5) is 21.4. The molecular weight excluding hydrogens is 362 g/mol. The molecule has 0 aliphatic carbocycles. The van der Waals surface area contributed by atoms with Crippen LogP contribution in [0.1, 0.15) is 15.9 Å². The smallest absolute Gasteiger partial charge is 0.254 e. The molecule has 1 aromatic heterocycles. The summed E-state index contributed by atoms with van der Waals surface area (Å²) in [5.41, 5.74) is 2.97. The Labute approximate surface area is 170 Å². The fourth-order valence-electron chi connectivity index (χ4n) is 3.45. The van der Waals surface area contributed by atoms with Crippen LogP contribution in [0.2, 0.25) is 0 Å². The van der Waals surface area contributed by atoms with E-state index >= 15 is 0 Å². The van der Waals surface area contributed by atoms with Crippen molar-refractivity contribution in [2.45, 2.75) is 0 Å². The number of aromatic nitrogens is 1. The summed E-state index contributed by atoms with van der Waals surface area (Å²) in [7, 11) is 0. The molecule has 0 bridgehead atoms. The summed E-state index contributed by atoms with van der Waals surface area (Å²) in [6.07, 6.45) is 1.62. The monoisotopic (exact) mass is 383 g/mol. The Balaban J connectivity index is 1.43. The molecule has 0 atom stereocenters. The highest BCUT2D eigenvalue weighted by molar-refractivity contribution is 5.95. The summed E-state index contributed by atoms with van der Waals surface area (Å²) in [5.74, 6) is 0.540. The van der Waals surface area contributed by atoms with E-state index < -0.39 is 0 Å². The first kappa shape index (κ1) is 18.5. The molecule has 1 N–H and O–H groups in total. The van der Waals surface area contributed by atoms with Gasteiger partial charge >= 0.3 is 0 Å². The number of hydrogen-bond donors (Lipinski definition) is 1. The second-order valence-corrected chi connectivity index (χ2v) is 6.83. The first-order valence-corrected chi connectivity index (χ1v) is 9.56. The molecule has 144 valence electrons. The Bertz CT molecular complexity index is 1040. The quantitative estimate of drug-likeness (QED) is 0.744. The van der Waals surface area contributed by atoms with Crippen molar-refractivity contribution in [2.75, 3.05) is 36.4 Å². The largest absolute Gasteiger partial charge is 0.368 e. The molecule has 0 spiro atoms. The van der Waals surface area contributed by atoms with Crippen molar-refractivity contribution in [3.63, 3.8) is 0 Å². The first-order chi connectivity index (χ1) is 14.2. The van der Waals surface area contributed by atoms with Gasteiger partial charge in [0.15, 0.2) is 0 Å². The van der Waals surface area contributed by atoms with Crippen LogP contribution in [0, 0.1) is 11.3 Å². The lowest BCUT2D eigenvalue weighted by molar-refractivity contribution is 0.0746. The molecule has 1 fully saturated rings. The SMILES string of the molecule is N#Cc1ccccc1Nc1cc(C(=O)N2CCN(c3ccccc3)CC2)ccn1. The maximum atomic E-state index is 13.0. The minimum absolute atomic E-state index is 0.00303. The topological polar surface area (TPSA) is 72.3 Å². The van der Waals surface area contributed by atoms with Crippen molar-refractivity contribution in [1.29, 1.82) is 5.26 Å². The number of para-hydroxylation sites is 2. The van der Waals surface area contributed by atoms with E-state index in [-0.39, 0.29) is 5.91 Å². The van der Waals surface area contributed by atoms with Gasteiger partial charge in [0, 0.05) is 43.6 Å². The van der Waals surface area contributed by atoms with Crippen molar-refractivity contribution >= 4 is 23.1 Å². The van der Waals surface area contributed by atoms with Crippen LogP contribution in [-0.2, 0) is 0 Å². The number of nitrogens with zero attached hydrogens (tertiary/aromatic N) is 4. The van der Waals surface area contributed by atoms with Crippen LogP contribution in [0.5, 0.6) is 0 Å². The second-order valence-electron chi connectivity index (χ2n) is 6.83. The zero-order valence-electron chi connectivity index (χ0n) is 16.0. The number of carbonyl (C=O) groups excluding carboxylic acids is 1. The third kappa shape index (κ3) is 4.19. The Morgan fingerprint density at radius 1 is 0.966 bits per heavy atom. The number of nitrogens with one attached hydrogen (secondary N) is 1. The van der Waals surface area contributed by atoms with Gasteiger partial charge in [-0.05, 0) is 36.4 Å². The van der Waals surface area contributed by atoms with Crippen LogP contribution < -0.4 is 10.2 Å². The average molecular weight is 383 g/mol. The van der Waals surface area contributed by atoms with E-state index in [2.05, 4.69) is 33.4 Å². The highest BCUT2D eigenvalue weighted by atomic mass is 16.2.